The van der Waals surface area contributed by atoms with E-state index >= 15 is 0 Å². The molecule has 3 nitrogen and oxygen atoms in total. The molecule has 0 aromatic carbocycles. The molecule has 1 heterocycles. The maximum atomic E-state index is 9.83. The molecule has 0 aromatic rings. The van der Waals surface area contributed by atoms with Crippen LogP contribution in [0.1, 0.15) is 52.9 Å². The molecule has 1 aliphatic heterocycles. The molecule has 0 aromatic heterocycles. The molecule has 2 aliphatic rings. The van der Waals surface area contributed by atoms with Gasteiger partial charge in [-0.05, 0) is 57.5 Å². The number of likely N-dealkylation sites (N-methyl/N-ethyl adjacent to an activating group) is 1. The molecule has 4 atom stereocenters. The van der Waals surface area contributed by atoms with Crippen LogP contribution in [0.2, 0.25) is 0 Å². The zero-order chi connectivity index (χ0) is 13.9. The van der Waals surface area contributed by atoms with E-state index in [1.54, 1.807) is 0 Å². The molecule has 0 amide bonds. The summed E-state index contributed by atoms with van der Waals surface area (Å²) in [7, 11) is 0. The van der Waals surface area contributed by atoms with Gasteiger partial charge < -0.3 is 15.3 Å². The summed E-state index contributed by atoms with van der Waals surface area (Å²) in [6, 6.07) is 0.749. The van der Waals surface area contributed by atoms with Crippen molar-refractivity contribution in [2.75, 3.05) is 26.2 Å². The minimum atomic E-state index is 0.0172. The molecular formula is C16H32N2O. The predicted octanol–water partition coefficient (Wildman–Crippen LogP) is 2.25. The van der Waals surface area contributed by atoms with E-state index in [1.807, 2.05) is 0 Å². The van der Waals surface area contributed by atoms with Crippen LogP contribution >= 0.6 is 0 Å². The van der Waals surface area contributed by atoms with E-state index in [9.17, 15) is 5.11 Å². The van der Waals surface area contributed by atoms with E-state index in [4.69, 9.17) is 0 Å². The van der Waals surface area contributed by atoms with Crippen molar-refractivity contribution in [3.63, 3.8) is 0 Å². The van der Waals surface area contributed by atoms with E-state index in [1.165, 1.54) is 38.8 Å². The lowest BCUT2D eigenvalue weighted by Gasteiger charge is -2.36. The van der Waals surface area contributed by atoms with Gasteiger partial charge in [-0.3, -0.25) is 0 Å². The van der Waals surface area contributed by atoms with Crippen LogP contribution in [0, 0.1) is 11.8 Å². The van der Waals surface area contributed by atoms with Crippen LogP contribution < -0.4 is 5.32 Å². The molecule has 2 fully saturated rings. The van der Waals surface area contributed by atoms with Gasteiger partial charge in [-0.2, -0.15) is 0 Å². The van der Waals surface area contributed by atoms with Crippen molar-refractivity contribution < 1.29 is 5.11 Å². The van der Waals surface area contributed by atoms with Crippen molar-refractivity contribution in [1.29, 1.82) is 0 Å². The summed E-state index contributed by atoms with van der Waals surface area (Å²) in [6.45, 7) is 10.6. The second kappa shape index (κ2) is 6.55. The van der Waals surface area contributed by atoms with Crippen molar-refractivity contribution in [2.45, 2.75) is 64.5 Å². The fraction of sp³-hybridized carbons (Fsp3) is 1.00. The molecule has 0 spiro atoms. The zero-order valence-electron chi connectivity index (χ0n) is 13.0. The first-order valence-electron chi connectivity index (χ1n) is 8.21. The van der Waals surface area contributed by atoms with Crippen molar-refractivity contribution in [2.24, 2.45) is 11.8 Å². The lowest BCUT2D eigenvalue weighted by Crippen LogP contribution is -2.52. The van der Waals surface area contributed by atoms with Crippen LogP contribution in [-0.4, -0.2) is 47.8 Å². The lowest BCUT2D eigenvalue weighted by atomic mass is 9.85. The number of nitrogens with one attached hydrogen (secondary N) is 1. The molecule has 0 bridgehead atoms. The summed E-state index contributed by atoms with van der Waals surface area (Å²) >= 11 is 0. The third-order valence-electron chi connectivity index (χ3n) is 5.45. The molecule has 1 aliphatic carbocycles. The third-order valence-corrected chi connectivity index (χ3v) is 5.45. The summed E-state index contributed by atoms with van der Waals surface area (Å²) in [4.78, 5) is 2.65. The molecular weight excluding hydrogens is 236 g/mol. The molecule has 19 heavy (non-hydrogen) atoms. The van der Waals surface area contributed by atoms with E-state index in [0.717, 1.165) is 24.9 Å². The minimum Gasteiger partial charge on any atom is -0.394 e. The normalized spacial score (nSPS) is 40.1. The molecule has 3 heteroatoms. The second-order valence-corrected chi connectivity index (χ2v) is 6.91. The van der Waals surface area contributed by atoms with Crippen LogP contribution in [0.4, 0.5) is 0 Å². The standard InChI is InChI=1S/C16H32N2O/c1-4-17-16(12-19)8-5-6-15(16)7-9-18-11-13(2)10-14(18)3/h13-15,17,19H,4-12H2,1-3H3. The topological polar surface area (TPSA) is 35.5 Å². The van der Waals surface area contributed by atoms with Gasteiger partial charge >= 0.3 is 0 Å². The maximum Gasteiger partial charge on any atom is 0.0616 e. The number of hydrogen-bond donors (Lipinski definition) is 2. The summed E-state index contributed by atoms with van der Waals surface area (Å²) in [6.07, 6.45) is 6.29. The number of nitrogens with zero attached hydrogens (tertiary/aromatic N) is 1. The minimum absolute atomic E-state index is 0.0172. The quantitative estimate of drug-likeness (QED) is 0.775. The van der Waals surface area contributed by atoms with Gasteiger partial charge in [0, 0.05) is 18.1 Å². The average molecular weight is 268 g/mol. The van der Waals surface area contributed by atoms with Gasteiger partial charge in [0.2, 0.25) is 0 Å². The van der Waals surface area contributed by atoms with Gasteiger partial charge in [0.25, 0.3) is 0 Å². The molecule has 4 unspecified atom stereocenters. The van der Waals surface area contributed by atoms with Gasteiger partial charge in [0.15, 0.2) is 0 Å². The van der Waals surface area contributed by atoms with E-state index in [-0.39, 0.29) is 5.54 Å². The van der Waals surface area contributed by atoms with Crippen LogP contribution in [0.15, 0.2) is 0 Å². The summed E-state index contributed by atoms with van der Waals surface area (Å²) in [5.41, 5.74) is 0.0172. The summed E-state index contributed by atoms with van der Waals surface area (Å²) in [5, 5.41) is 13.4. The zero-order valence-corrected chi connectivity index (χ0v) is 13.0. The maximum absolute atomic E-state index is 9.83. The molecule has 0 radical (unpaired) electrons. The fourth-order valence-corrected chi connectivity index (χ4v) is 4.43. The van der Waals surface area contributed by atoms with Crippen molar-refractivity contribution in [1.82, 2.24) is 10.2 Å². The van der Waals surface area contributed by atoms with Gasteiger partial charge in [-0.25, -0.2) is 0 Å². The Kier molecular flexibility index (Phi) is 5.27. The highest BCUT2D eigenvalue weighted by atomic mass is 16.3. The Labute approximate surface area is 118 Å². The van der Waals surface area contributed by atoms with Crippen LogP contribution in [-0.2, 0) is 0 Å². The van der Waals surface area contributed by atoms with Gasteiger partial charge in [0.05, 0.1) is 6.61 Å². The Hall–Kier alpha value is -0.120. The monoisotopic (exact) mass is 268 g/mol. The molecule has 2 N–H and O–H groups in total. The van der Waals surface area contributed by atoms with Crippen LogP contribution in [0.3, 0.4) is 0 Å². The largest absolute Gasteiger partial charge is 0.394 e. The summed E-state index contributed by atoms with van der Waals surface area (Å²) < 4.78 is 0. The summed E-state index contributed by atoms with van der Waals surface area (Å²) in [5.74, 6) is 1.51. The highest BCUT2D eigenvalue weighted by Crippen LogP contribution is 2.38. The molecule has 112 valence electrons. The Morgan fingerprint density at radius 2 is 2.16 bits per heavy atom. The van der Waals surface area contributed by atoms with Crippen LogP contribution in [0.25, 0.3) is 0 Å². The molecule has 1 saturated carbocycles. The van der Waals surface area contributed by atoms with E-state index < -0.39 is 0 Å². The van der Waals surface area contributed by atoms with E-state index in [2.05, 4.69) is 31.0 Å². The van der Waals surface area contributed by atoms with Crippen molar-refractivity contribution in [3.05, 3.63) is 0 Å². The Morgan fingerprint density at radius 1 is 1.37 bits per heavy atom. The van der Waals surface area contributed by atoms with Crippen molar-refractivity contribution in [3.8, 4) is 0 Å². The lowest BCUT2D eigenvalue weighted by molar-refractivity contribution is 0.111. The number of likely N-dealkylation sites (tertiary alicyclic amines) is 1. The smallest absolute Gasteiger partial charge is 0.0616 e. The highest BCUT2D eigenvalue weighted by Gasteiger charge is 2.41. The highest BCUT2D eigenvalue weighted by molar-refractivity contribution is 4.99. The first-order chi connectivity index (χ1) is 9.11. The fourth-order valence-electron chi connectivity index (χ4n) is 4.43. The predicted molar refractivity (Wildman–Crippen MR) is 80.3 cm³/mol. The Bertz CT molecular complexity index is 284. The SMILES string of the molecule is CCNC1(CO)CCCC1CCN1CC(C)CC1C. The number of rotatable bonds is 6. The number of hydrogen-bond acceptors (Lipinski definition) is 3. The Balaban J connectivity index is 1.87. The molecule has 1 saturated heterocycles. The van der Waals surface area contributed by atoms with E-state index in [0.29, 0.717) is 12.5 Å². The third kappa shape index (κ3) is 3.32. The average Bonchev–Trinajstić information content (AvgIpc) is 2.91. The van der Waals surface area contributed by atoms with Gasteiger partial charge in [0.1, 0.15) is 0 Å². The first kappa shape index (κ1) is 15.3. The number of aliphatic hydroxyl groups is 1. The Morgan fingerprint density at radius 3 is 2.74 bits per heavy atom. The number of aliphatic hydroxyl groups excluding tert-OH is 1. The van der Waals surface area contributed by atoms with Gasteiger partial charge in [-0.15, -0.1) is 0 Å². The first-order valence-corrected chi connectivity index (χ1v) is 8.21. The van der Waals surface area contributed by atoms with Crippen LogP contribution in [0.5, 0.6) is 0 Å². The van der Waals surface area contributed by atoms with Gasteiger partial charge in [-0.1, -0.05) is 20.3 Å². The second-order valence-electron chi connectivity index (χ2n) is 6.91. The van der Waals surface area contributed by atoms with Crippen molar-refractivity contribution >= 4 is 0 Å². The molecule has 2 rings (SSSR count).